The second-order valence-electron chi connectivity index (χ2n) is 5.54. The van der Waals surface area contributed by atoms with Gasteiger partial charge in [0.25, 0.3) is 5.56 Å². The molecule has 1 N–H and O–H groups in total. The molecule has 2 aromatic heterocycles. The van der Waals surface area contributed by atoms with Gasteiger partial charge in [0.2, 0.25) is 10.0 Å². The lowest BCUT2D eigenvalue weighted by Crippen LogP contribution is -2.38. The highest BCUT2D eigenvalue weighted by Gasteiger charge is 2.32. The molecule has 2 aromatic rings. The van der Waals surface area contributed by atoms with Crippen molar-refractivity contribution in [1.29, 1.82) is 0 Å². The Morgan fingerprint density at radius 2 is 2.10 bits per heavy atom. The number of aromatic amines is 1. The van der Waals surface area contributed by atoms with Crippen molar-refractivity contribution in [3.63, 3.8) is 0 Å². The highest BCUT2D eigenvalue weighted by atomic mass is 32.2. The first-order chi connectivity index (χ1) is 9.86. The number of hydrogen-bond acceptors (Lipinski definition) is 4. The molecule has 3 rings (SSSR count). The minimum absolute atomic E-state index is 0.220. The van der Waals surface area contributed by atoms with Crippen molar-refractivity contribution in [2.24, 2.45) is 0 Å². The van der Waals surface area contributed by atoms with Crippen LogP contribution in [0.15, 0.2) is 16.9 Å². The molecule has 0 unspecified atom stereocenters. The van der Waals surface area contributed by atoms with Gasteiger partial charge >= 0.3 is 0 Å². The van der Waals surface area contributed by atoms with Crippen LogP contribution in [0.2, 0.25) is 0 Å². The van der Waals surface area contributed by atoms with Gasteiger partial charge in [-0.05, 0) is 19.8 Å². The van der Waals surface area contributed by atoms with E-state index in [0.717, 1.165) is 18.5 Å². The zero-order valence-electron chi connectivity index (χ0n) is 12.0. The summed E-state index contributed by atoms with van der Waals surface area (Å²) >= 11 is 0. The third-order valence-corrected chi connectivity index (χ3v) is 5.11. The van der Waals surface area contributed by atoms with Crippen LogP contribution in [0.1, 0.15) is 36.7 Å². The fourth-order valence-corrected chi connectivity index (χ4v) is 4.03. The van der Waals surface area contributed by atoms with Crippen LogP contribution in [0.3, 0.4) is 0 Å². The van der Waals surface area contributed by atoms with Crippen LogP contribution in [0, 0.1) is 6.92 Å². The standard InChI is InChI=1S/C13H18N4O3S/c1-9-7-12-14-10(8-13(18)17(12)15-9)11-5-3-4-6-16(11)21(2,19)20/h7-8,11,15H,3-6H2,1-2H3/t11-/m0/s1. The van der Waals surface area contributed by atoms with E-state index < -0.39 is 10.0 Å². The van der Waals surface area contributed by atoms with Gasteiger partial charge in [-0.1, -0.05) is 6.42 Å². The van der Waals surface area contributed by atoms with Crippen LogP contribution in [-0.4, -0.2) is 40.1 Å². The summed E-state index contributed by atoms with van der Waals surface area (Å²) in [6.07, 6.45) is 3.67. The van der Waals surface area contributed by atoms with Crippen molar-refractivity contribution in [3.05, 3.63) is 33.9 Å². The number of nitrogens with zero attached hydrogens (tertiary/aromatic N) is 3. The number of piperidine rings is 1. The van der Waals surface area contributed by atoms with E-state index in [1.807, 2.05) is 6.92 Å². The van der Waals surface area contributed by atoms with Gasteiger partial charge in [0.15, 0.2) is 5.65 Å². The molecule has 114 valence electrons. The van der Waals surface area contributed by atoms with E-state index in [1.54, 1.807) is 6.07 Å². The van der Waals surface area contributed by atoms with E-state index in [-0.39, 0.29) is 11.6 Å². The Hall–Kier alpha value is -1.67. The SMILES string of the molecule is Cc1cc2nc([C@@H]3CCCCN3S(C)(=O)=O)cc(=O)n2[nH]1. The molecule has 1 aliphatic heterocycles. The van der Waals surface area contributed by atoms with Gasteiger partial charge in [0.1, 0.15) is 0 Å². The second kappa shape index (κ2) is 4.96. The Bertz CT molecular complexity index is 837. The van der Waals surface area contributed by atoms with Crippen molar-refractivity contribution < 1.29 is 8.42 Å². The van der Waals surface area contributed by atoms with E-state index in [2.05, 4.69) is 10.1 Å². The minimum Gasteiger partial charge on any atom is -0.294 e. The first-order valence-corrected chi connectivity index (χ1v) is 8.77. The molecule has 21 heavy (non-hydrogen) atoms. The zero-order chi connectivity index (χ0) is 15.2. The average molecular weight is 310 g/mol. The number of nitrogens with one attached hydrogen (secondary N) is 1. The number of H-pyrrole nitrogens is 1. The maximum Gasteiger partial charge on any atom is 0.272 e. The number of hydrogen-bond donors (Lipinski definition) is 1. The van der Waals surface area contributed by atoms with Gasteiger partial charge in [0, 0.05) is 24.4 Å². The molecule has 1 atom stereocenters. The van der Waals surface area contributed by atoms with Crippen LogP contribution < -0.4 is 5.56 Å². The van der Waals surface area contributed by atoms with Crippen LogP contribution in [0.4, 0.5) is 0 Å². The van der Waals surface area contributed by atoms with E-state index >= 15 is 0 Å². The lowest BCUT2D eigenvalue weighted by atomic mass is 10.0. The van der Waals surface area contributed by atoms with Crippen LogP contribution in [0.5, 0.6) is 0 Å². The first-order valence-electron chi connectivity index (χ1n) is 6.92. The highest BCUT2D eigenvalue weighted by molar-refractivity contribution is 7.88. The smallest absolute Gasteiger partial charge is 0.272 e. The quantitative estimate of drug-likeness (QED) is 0.889. The minimum atomic E-state index is -3.31. The van der Waals surface area contributed by atoms with Crippen LogP contribution >= 0.6 is 0 Å². The largest absolute Gasteiger partial charge is 0.294 e. The summed E-state index contributed by atoms with van der Waals surface area (Å²) in [4.78, 5) is 16.6. The van der Waals surface area contributed by atoms with Crippen molar-refractivity contribution in [3.8, 4) is 0 Å². The van der Waals surface area contributed by atoms with Gasteiger partial charge in [-0.3, -0.25) is 9.89 Å². The molecule has 0 amide bonds. The molecule has 1 saturated heterocycles. The Morgan fingerprint density at radius 3 is 2.81 bits per heavy atom. The Kier molecular flexibility index (Phi) is 3.37. The van der Waals surface area contributed by atoms with E-state index in [4.69, 9.17) is 0 Å². The van der Waals surface area contributed by atoms with Gasteiger partial charge in [-0.2, -0.15) is 4.31 Å². The van der Waals surface area contributed by atoms with Crippen LogP contribution in [0.25, 0.3) is 5.65 Å². The predicted molar refractivity (Wildman–Crippen MR) is 78.7 cm³/mol. The maximum absolute atomic E-state index is 12.1. The van der Waals surface area contributed by atoms with Gasteiger partial charge in [0.05, 0.1) is 18.0 Å². The normalized spacial score (nSPS) is 21.0. The fraction of sp³-hybridized carbons (Fsp3) is 0.538. The van der Waals surface area contributed by atoms with E-state index in [9.17, 15) is 13.2 Å². The summed E-state index contributed by atoms with van der Waals surface area (Å²) in [7, 11) is -3.31. The Morgan fingerprint density at radius 1 is 1.33 bits per heavy atom. The van der Waals surface area contributed by atoms with Gasteiger partial charge in [-0.15, -0.1) is 0 Å². The van der Waals surface area contributed by atoms with E-state index in [0.29, 0.717) is 24.3 Å². The molecule has 0 radical (unpaired) electrons. The van der Waals surface area contributed by atoms with Crippen molar-refractivity contribution in [2.45, 2.75) is 32.2 Å². The molecule has 0 bridgehead atoms. The molecule has 0 aromatic carbocycles. The third-order valence-electron chi connectivity index (χ3n) is 3.82. The van der Waals surface area contributed by atoms with Crippen LogP contribution in [-0.2, 0) is 10.0 Å². The highest BCUT2D eigenvalue weighted by Crippen LogP contribution is 2.31. The fourth-order valence-electron chi connectivity index (χ4n) is 2.90. The van der Waals surface area contributed by atoms with Crippen molar-refractivity contribution >= 4 is 15.7 Å². The molecule has 0 saturated carbocycles. The number of aromatic nitrogens is 3. The molecule has 3 heterocycles. The van der Waals surface area contributed by atoms with Crippen molar-refractivity contribution in [2.75, 3.05) is 12.8 Å². The average Bonchev–Trinajstić information content (AvgIpc) is 2.79. The van der Waals surface area contributed by atoms with Gasteiger partial charge < -0.3 is 0 Å². The number of sulfonamides is 1. The lowest BCUT2D eigenvalue weighted by Gasteiger charge is -2.33. The molecular formula is C13H18N4O3S. The van der Waals surface area contributed by atoms with Gasteiger partial charge in [-0.25, -0.2) is 17.9 Å². The molecule has 0 spiro atoms. The summed E-state index contributed by atoms with van der Waals surface area (Å²) in [6, 6.07) is 2.86. The molecule has 1 aliphatic rings. The summed E-state index contributed by atoms with van der Waals surface area (Å²) in [6.45, 7) is 2.33. The number of rotatable bonds is 2. The van der Waals surface area contributed by atoms with E-state index in [1.165, 1.54) is 21.1 Å². The Labute approximate surface area is 122 Å². The zero-order valence-corrected chi connectivity index (χ0v) is 12.9. The second-order valence-corrected chi connectivity index (χ2v) is 7.47. The number of fused-ring (bicyclic) bond motifs is 1. The molecule has 8 heteroatoms. The number of aryl methyl sites for hydroxylation is 1. The predicted octanol–water partition coefficient (Wildman–Crippen LogP) is 0.818. The third kappa shape index (κ3) is 2.60. The summed E-state index contributed by atoms with van der Waals surface area (Å²) < 4.78 is 26.7. The van der Waals surface area contributed by atoms with Crippen molar-refractivity contribution in [1.82, 2.24) is 18.9 Å². The monoisotopic (exact) mass is 310 g/mol. The molecule has 7 nitrogen and oxygen atoms in total. The Balaban J connectivity index is 2.11. The summed E-state index contributed by atoms with van der Waals surface area (Å²) in [5.41, 5.74) is 1.67. The lowest BCUT2D eigenvalue weighted by molar-refractivity contribution is 0.253. The first kappa shape index (κ1) is 14.3. The summed E-state index contributed by atoms with van der Waals surface area (Å²) in [5.74, 6) is 0. The topological polar surface area (TPSA) is 87.5 Å². The molecular weight excluding hydrogens is 292 g/mol. The summed E-state index contributed by atoms with van der Waals surface area (Å²) in [5, 5.41) is 2.91. The maximum atomic E-state index is 12.1. The molecule has 1 fully saturated rings. The molecule has 0 aliphatic carbocycles.